The number of thiophene rings is 1. The lowest BCUT2D eigenvalue weighted by molar-refractivity contribution is 0.0755. The molecule has 158 valence electrons. The zero-order valence-electron chi connectivity index (χ0n) is 18.2. The van der Waals surface area contributed by atoms with Crippen LogP contribution in [0.5, 0.6) is 0 Å². The molecule has 0 saturated heterocycles. The lowest BCUT2D eigenvalue weighted by Crippen LogP contribution is -2.32. The molecule has 2 aromatic carbocycles. The van der Waals surface area contributed by atoms with E-state index in [1.165, 1.54) is 5.56 Å². The Morgan fingerprint density at radius 2 is 1.77 bits per heavy atom. The first-order valence-corrected chi connectivity index (χ1v) is 11.2. The highest BCUT2D eigenvalue weighted by molar-refractivity contribution is 7.17. The fraction of sp³-hybridized carbons (Fsp3) is 0.240. The van der Waals surface area contributed by atoms with Crippen LogP contribution >= 0.6 is 11.3 Å². The summed E-state index contributed by atoms with van der Waals surface area (Å²) in [7, 11) is 1.83. The number of hydrogen-bond acceptors (Lipinski definition) is 5. The van der Waals surface area contributed by atoms with Gasteiger partial charge >= 0.3 is 0 Å². The number of anilines is 1. The maximum Gasteiger partial charge on any atom is 0.253 e. The second-order valence-corrected chi connectivity index (χ2v) is 8.84. The van der Waals surface area contributed by atoms with E-state index in [0.29, 0.717) is 12.1 Å². The molecule has 4 aromatic rings. The number of nitrogens with one attached hydrogen (secondary N) is 1. The van der Waals surface area contributed by atoms with Crippen molar-refractivity contribution in [2.45, 2.75) is 33.4 Å². The van der Waals surface area contributed by atoms with Gasteiger partial charge in [0.25, 0.3) is 5.91 Å². The summed E-state index contributed by atoms with van der Waals surface area (Å²) < 4.78 is 0. The number of benzene rings is 2. The number of carbonyl (C=O) groups is 1. The second-order valence-electron chi connectivity index (χ2n) is 7.98. The Morgan fingerprint density at radius 1 is 1.06 bits per heavy atom. The third-order valence-electron chi connectivity index (χ3n) is 5.49. The molecular formula is C25H26N4OS. The van der Waals surface area contributed by atoms with Crippen LogP contribution in [0.3, 0.4) is 0 Å². The molecule has 0 fully saturated rings. The van der Waals surface area contributed by atoms with Crippen LogP contribution in [0.2, 0.25) is 0 Å². The summed E-state index contributed by atoms with van der Waals surface area (Å²) in [6.07, 6.45) is 1.60. The van der Waals surface area contributed by atoms with E-state index in [1.807, 2.05) is 45.2 Å². The van der Waals surface area contributed by atoms with Gasteiger partial charge in [0.1, 0.15) is 17.0 Å². The fourth-order valence-electron chi connectivity index (χ4n) is 3.34. The lowest BCUT2D eigenvalue weighted by Gasteiger charge is -2.21. The summed E-state index contributed by atoms with van der Waals surface area (Å²) in [5, 5.41) is 6.64. The molecule has 31 heavy (non-hydrogen) atoms. The summed E-state index contributed by atoms with van der Waals surface area (Å²) in [5.41, 5.74) is 5.32. The molecule has 4 rings (SSSR count). The van der Waals surface area contributed by atoms with Crippen molar-refractivity contribution in [1.29, 1.82) is 0 Å². The van der Waals surface area contributed by atoms with Crippen molar-refractivity contribution in [2.75, 3.05) is 12.4 Å². The highest BCUT2D eigenvalue weighted by Gasteiger charge is 2.15. The molecule has 0 aliphatic rings. The van der Waals surface area contributed by atoms with Crippen LogP contribution in [-0.2, 0) is 6.54 Å². The molecule has 1 N–H and O–H groups in total. The summed E-state index contributed by atoms with van der Waals surface area (Å²) in [6, 6.07) is 16.4. The Balaban J connectivity index is 1.55. The molecule has 2 aromatic heterocycles. The Bertz CT molecular complexity index is 1200. The third-order valence-corrected chi connectivity index (χ3v) is 6.37. The standard InChI is InChI=1S/C25H26N4OS/c1-16(2)29(4)25(30)20-11-7-18(8-12-20)13-26-23-22-21(14-31-24(22)28-15-27-23)19-9-5-17(3)6-10-19/h5-12,14-16H,13H2,1-4H3,(H,26,27,28). The minimum atomic E-state index is 0.0352. The zero-order chi connectivity index (χ0) is 22.0. The van der Waals surface area contributed by atoms with E-state index >= 15 is 0 Å². The monoisotopic (exact) mass is 430 g/mol. The lowest BCUT2D eigenvalue weighted by atomic mass is 10.0. The molecule has 0 spiro atoms. The number of aryl methyl sites for hydroxylation is 1. The van der Waals surface area contributed by atoms with Gasteiger partial charge in [-0.25, -0.2) is 9.97 Å². The van der Waals surface area contributed by atoms with Gasteiger partial charge in [0.2, 0.25) is 0 Å². The van der Waals surface area contributed by atoms with Crippen molar-refractivity contribution in [3.63, 3.8) is 0 Å². The SMILES string of the molecule is Cc1ccc(-c2csc3ncnc(NCc4ccc(C(=O)N(C)C(C)C)cc4)c23)cc1. The molecule has 0 aliphatic carbocycles. The van der Waals surface area contributed by atoms with Gasteiger partial charge in [-0.3, -0.25) is 4.79 Å². The van der Waals surface area contributed by atoms with Crippen LogP contribution in [0, 0.1) is 6.92 Å². The van der Waals surface area contributed by atoms with Crippen molar-refractivity contribution < 1.29 is 4.79 Å². The first-order valence-electron chi connectivity index (χ1n) is 10.3. The molecule has 0 bridgehead atoms. The third kappa shape index (κ3) is 4.44. The molecule has 2 heterocycles. The van der Waals surface area contributed by atoms with Gasteiger partial charge in [0.05, 0.1) is 5.39 Å². The highest BCUT2D eigenvalue weighted by atomic mass is 32.1. The van der Waals surface area contributed by atoms with Gasteiger partial charge in [-0.2, -0.15) is 0 Å². The minimum Gasteiger partial charge on any atom is -0.365 e. The second kappa shape index (κ2) is 8.86. The molecule has 0 aliphatic heterocycles. The van der Waals surface area contributed by atoms with Crippen LogP contribution in [-0.4, -0.2) is 33.9 Å². The topological polar surface area (TPSA) is 58.1 Å². The van der Waals surface area contributed by atoms with E-state index < -0.39 is 0 Å². The van der Waals surface area contributed by atoms with Crippen LogP contribution in [0.15, 0.2) is 60.2 Å². The van der Waals surface area contributed by atoms with E-state index in [0.717, 1.165) is 32.7 Å². The fourth-order valence-corrected chi connectivity index (χ4v) is 4.26. The molecule has 5 nitrogen and oxygen atoms in total. The summed E-state index contributed by atoms with van der Waals surface area (Å²) in [5.74, 6) is 0.856. The largest absolute Gasteiger partial charge is 0.365 e. The molecule has 0 unspecified atom stereocenters. The van der Waals surface area contributed by atoms with Gasteiger partial charge in [0, 0.05) is 36.1 Å². The van der Waals surface area contributed by atoms with Crippen molar-refractivity contribution in [3.8, 4) is 11.1 Å². The Kier molecular flexibility index (Phi) is 6.00. The van der Waals surface area contributed by atoms with E-state index in [4.69, 9.17) is 0 Å². The quantitative estimate of drug-likeness (QED) is 0.423. The number of fused-ring (bicyclic) bond motifs is 1. The molecule has 0 atom stereocenters. The van der Waals surface area contributed by atoms with Crippen LogP contribution < -0.4 is 5.32 Å². The smallest absolute Gasteiger partial charge is 0.253 e. The van der Waals surface area contributed by atoms with Gasteiger partial charge < -0.3 is 10.2 Å². The molecule has 0 radical (unpaired) electrons. The first kappa shape index (κ1) is 21.0. The predicted molar refractivity (Wildman–Crippen MR) is 129 cm³/mol. The zero-order valence-corrected chi connectivity index (χ0v) is 19.0. The molecule has 1 amide bonds. The van der Waals surface area contributed by atoms with E-state index in [9.17, 15) is 4.79 Å². The summed E-state index contributed by atoms with van der Waals surface area (Å²) in [6.45, 7) is 6.72. The molecule has 0 saturated carbocycles. The average molecular weight is 431 g/mol. The van der Waals surface area contributed by atoms with Gasteiger partial charge in [0.15, 0.2) is 0 Å². The maximum atomic E-state index is 12.5. The van der Waals surface area contributed by atoms with Gasteiger partial charge in [-0.1, -0.05) is 42.0 Å². The number of rotatable bonds is 6. The Hall–Kier alpha value is -3.25. The normalized spacial score (nSPS) is 11.1. The van der Waals surface area contributed by atoms with E-state index in [1.54, 1.807) is 22.6 Å². The van der Waals surface area contributed by atoms with Crippen molar-refractivity contribution in [2.24, 2.45) is 0 Å². The highest BCUT2D eigenvalue weighted by Crippen LogP contribution is 2.36. The van der Waals surface area contributed by atoms with Crippen LogP contribution in [0.25, 0.3) is 21.3 Å². The minimum absolute atomic E-state index is 0.0352. The van der Waals surface area contributed by atoms with Crippen LogP contribution in [0.4, 0.5) is 5.82 Å². The molecule has 6 heteroatoms. The summed E-state index contributed by atoms with van der Waals surface area (Å²) in [4.78, 5) is 24.1. The Morgan fingerprint density at radius 3 is 2.45 bits per heavy atom. The van der Waals surface area contributed by atoms with E-state index in [-0.39, 0.29) is 11.9 Å². The predicted octanol–water partition coefficient (Wildman–Crippen LogP) is 5.76. The summed E-state index contributed by atoms with van der Waals surface area (Å²) >= 11 is 1.63. The van der Waals surface area contributed by atoms with Gasteiger partial charge in [-0.05, 0) is 44.0 Å². The van der Waals surface area contributed by atoms with Crippen molar-refractivity contribution >= 4 is 33.3 Å². The number of nitrogens with zero attached hydrogens (tertiary/aromatic N) is 3. The average Bonchev–Trinajstić information content (AvgIpc) is 3.22. The number of aromatic nitrogens is 2. The van der Waals surface area contributed by atoms with Crippen LogP contribution in [0.1, 0.15) is 35.3 Å². The van der Waals surface area contributed by atoms with Crippen molar-refractivity contribution in [3.05, 3.63) is 76.9 Å². The number of carbonyl (C=O) groups excluding carboxylic acids is 1. The maximum absolute atomic E-state index is 12.5. The number of amides is 1. The van der Waals surface area contributed by atoms with Gasteiger partial charge in [-0.15, -0.1) is 11.3 Å². The molecular weight excluding hydrogens is 404 g/mol. The first-order chi connectivity index (χ1) is 14.9. The number of hydrogen-bond donors (Lipinski definition) is 1. The van der Waals surface area contributed by atoms with E-state index in [2.05, 4.69) is 51.9 Å². The van der Waals surface area contributed by atoms with Crippen molar-refractivity contribution in [1.82, 2.24) is 14.9 Å². The Labute approximate surface area is 186 Å².